The second-order valence-electron chi connectivity index (χ2n) is 6.96. The van der Waals surface area contributed by atoms with Crippen molar-refractivity contribution in [1.82, 2.24) is 5.43 Å². The second kappa shape index (κ2) is 12.2. The van der Waals surface area contributed by atoms with Gasteiger partial charge in [-0.1, -0.05) is 30.7 Å². The summed E-state index contributed by atoms with van der Waals surface area (Å²) in [4.78, 5) is 36.1. The molecule has 3 aromatic carbocycles. The molecular formula is C25H22ClN3O5. The van der Waals surface area contributed by atoms with Crippen molar-refractivity contribution in [3.05, 3.63) is 88.9 Å². The van der Waals surface area contributed by atoms with Crippen molar-refractivity contribution < 1.29 is 23.9 Å². The van der Waals surface area contributed by atoms with Gasteiger partial charge >= 0.3 is 17.8 Å². The number of ether oxygens (including phenoxy) is 2. The van der Waals surface area contributed by atoms with Crippen molar-refractivity contribution >= 4 is 41.3 Å². The van der Waals surface area contributed by atoms with Gasteiger partial charge in [0.05, 0.1) is 29.1 Å². The van der Waals surface area contributed by atoms with Crippen LogP contribution in [-0.4, -0.2) is 30.6 Å². The maximum atomic E-state index is 12.3. The molecule has 174 valence electrons. The van der Waals surface area contributed by atoms with Gasteiger partial charge in [-0.15, -0.1) is 0 Å². The van der Waals surface area contributed by atoms with E-state index in [1.807, 2.05) is 6.92 Å². The number of hydrogen-bond acceptors (Lipinski definition) is 6. The first-order valence-electron chi connectivity index (χ1n) is 10.4. The van der Waals surface area contributed by atoms with Crippen LogP contribution >= 0.6 is 11.6 Å². The topological polar surface area (TPSA) is 106 Å². The van der Waals surface area contributed by atoms with Crippen LogP contribution in [0.4, 0.5) is 5.69 Å². The first-order chi connectivity index (χ1) is 16.5. The number of benzene rings is 3. The lowest BCUT2D eigenvalue weighted by Gasteiger charge is -2.07. The Hall–Kier alpha value is -4.17. The van der Waals surface area contributed by atoms with E-state index in [0.29, 0.717) is 39.9 Å². The van der Waals surface area contributed by atoms with Gasteiger partial charge in [0.2, 0.25) is 0 Å². The molecule has 0 radical (unpaired) electrons. The van der Waals surface area contributed by atoms with Crippen LogP contribution in [0.5, 0.6) is 11.5 Å². The molecule has 0 aliphatic carbocycles. The van der Waals surface area contributed by atoms with Crippen molar-refractivity contribution in [2.45, 2.75) is 13.3 Å². The molecule has 34 heavy (non-hydrogen) atoms. The quantitative estimate of drug-likeness (QED) is 0.163. The number of nitrogens with zero attached hydrogens (tertiary/aromatic N) is 1. The Morgan fingerprint density at radius 2 is 1.59 bits per heavy atom. The van der Waals surface area contributed by atoms with E-state index in [4.69, 9.17) is 21.1 Å². The number of hydrogen-bond donors (Lipinski definition) is 2. The molecule has 0 unspecified atom stereocenters. The van der Waals surface area contributed by atoms with E-state index in [-0.39, 0.29) is 0 Å². The molecule has 0 saturated heterocycles. The summed E-state index contributed by atoms with van der Waals surface area (Å²) in [6, 6.07) is 19.7. The van der Waals surface area contributed by atoms with E-state index in [2.05, 4.69) is 15.8 Å². The molecular weight excluding hydrogens is 458 g/mol. The molecule has 2 N–H and O–H groups in total. The highest BCUT2D eigenvalue weighted by Crippen LogP contribution is 2.20. The van der Waals surface area contributed by atoms with E-state index in [1.54, 1.807) is 72.8 Å². The second-order valence-corrected chi connectivity index (χ2v) is 7.37. The number of nitrogens with one attached hydrogen (secondary N) is 2. The minimum absolute atomic E-state index is 0.311. The summed E-state index contributed by atoms with van der Waals surface area (Å²) < 4.78 is 10.9. The molecule has 0 saturated carbocycles. The Bertz CT molecular complexity index is 1180. The fourth-order valence-electron chi connectivity index (χ4n) is 2.65. The highest BCUT2D eigenvalue weighted by Gasteiger charge is 2.14. The van der Waals surface area contributed by atoms with Gasteiger partial charge in [-0.2, -0.15) is 5.10 Å². The lowest BCUT2D eigenvalue weighted by Crippen LogP contribution is -2.32. The van der Waals surface area contributed by atoms with Gasteiger partial charge in [0.15, 0.2) is 0 Å². The van der Waals surface area contributed by atoms with Gasteiger partial charge in [0, 0.05) is 0 Å². The Kier molecular flexibility index (Phi) is 8.76. The molecule has 8 nitrogen and oxygen atoms in total. The van der Waals surface area contributed by atoms with Crippen molar-refractivity contribution in [3.63, 3.8) is 0 Å². The number of carbonyl (C=O) groups is 3. The van der Waals surface area contributed by atoms with Crippen LogP contribution in [0.2, 0.25) is 5.02 Å². The number of amides is 2. The number of carbonyl (C=O) groups excluding carboxylic acids is 3. The SMILES string of the molecule is CCCOc1ccc(C(=O)Oc2ccc(/C=N\NC(=O)C(=O)Nc3ccccc3Cl)cc2)cc1. The number of esters is 1. The monoisotopic (exact) mass is 479 g/mol. The molecule has 0 bridgehead atoms. The zero-order valence-electron chi connectivity index (χ0n) is 18.3. The minimum atomic E-state index is -0.951. The van der Waals surface area contributed by atoms with Crippen LogP contribution in [0.3, 0.4) is 0 Å². The van der Waals surface area contributed by atoms with Crippen molar-refractivity contribution in [2.75, 3.05) is 11.9 Å². The zero-order chi connectivity index (χ0) is 24.3. The van der Waals surface area contributed by atoms with Gasteiger partial charge in [-0.25, -0.2) is 10.2 Å². The molecule has 0 aromatic heterocycles. The summed E-state index contributed by atoms with van der Waals surface area (Å²) in [5.41, 5.74) is 3.47. The van der Waals surface area contributed by atoms with Crippen LogP contribution in [0.15, 0.2) is 77.9 Å². The Morgan fingerprint density at radius 3 is 2.26 bits per heavy atom. The molecule has 3 rings (SSSR count). The average molecular weight is 480 g/mol. The largest absolute Gasteiger partial charge is 0.494 e. The van der Waals surface area contributed by atoms with Gasteiger partial charge in [0.25, 0.3) is 0 Å². The van der Waals surface area contributed by atoms with E-state index < -0.39 is 17.8 Å². The van der Waals surface area contributed by atoms with Gasteiger partial charge in [-0.05, 0) is 72.6 Å². The van der Waals surface area contributed by atoms with Crippen molar-refractivity contribution in [1.29, 1.82) is 0 Å². The highest BCUT2D eigenvalue weighted by molar-refractivity contribution is 6.41. The zero-order valence-corrected chi connectivity index (χ0v) is 19.0. The minimum Gasteiger partial charge on any atom is -0.494 e. The summed E-state index contributed by atoms with van der Waals surface area (Å²) >= 11 is 5.95. The molecule has 3 aromatic rings. The molecule has 0 spiro atoms. The first-order valence-corrected chi connectivity index (χ1v) is 10.8. The maximum Gasteiger partial charge on any atom is 0.343 e. The molecule has 0 fully saturated rings. The van der Waals surface area contributed by atoms with E-state index >= 15 is 0 Å². The lowest BCUT2D eigenvalue weighted by molar-refractivity contribution is -0.136. The smallest absolute Gasteiger partial charge is 0.343 e. The Morgan fingerprint density at radius 1 is 0.912 bits per heavy atom. The van der Waals surface area contributed by atoms with Crippen LogP contribution in [0.1, 0.15) is 29.3 Å². The van der Waals surface area contributed by atoms with Crippen molar-refractivity contribution in [3.8, 4) is 11.5 Å². The van der Waals surface area contributed by atoms with Crippen LogP contribution in [0, 0.1) is 0 Å². The summed E-state index contributed by atoms with van der Waals surface area (Å²) in [6.07, 6.45) is 2.25. The maximum absolute atomic E-state index is 12.3. The van der Waals surface area contributed by atoms with E-state index in [9.17, 15) is 14.4 Å². The number of hydrazone groups is 1. The lowest BCUT2D eigenvalue weighted by atomic mass is 10.2. The number of anilines is 1. The molecule has 9 heteroatoms. The number of rotatable bonds is 8. The van der Waals surface area contributed by atoms with Crippen LogP contribution in [-0.2, 0) is 9.59 Å². The Balaban J connectivity index is 1.49. The average Bonchev–Trinajstić information content (AvgIpc) is 2.85. The van der Waals surface area contributed by atoms with Crippen LogP contribution in [0.25, 0.3) is 0 Å². The fraction of sp³-hybridized carbons (Fsp3) is 0.120. The normalized spacial score (nSPS) is 10.5. The molecule has 0 aliphatic heterocycles. The predicted molar refractivity (Wildman–Crippen MR) is 129 cm³/mol. The summed E-state index contributed by atoms with van der Waals surface area (Å²) in [6.45, 7) is 2.63. The summed E-state index contributed by atoms with van der Waals surface area (Å²) in [7, 11) is 0. The van der Waals surface area contributed by atoms with Crippen LogP contribution < -0.4 is 20.2 Å². The summed E-state index contributed by atoms with van der Waals surface area (Å²) in [5, 5.41) is 6.46. The molecule has 0 aliphatic rings. The van der Waals surface area contributed by atoms with Gasteiger partial charge in [0.1, 0.15) is 11.5 Å². The van der Waals surface area contributed by atoms with Gasteiger partial charge < -0.3 is 14.8 Å². The van der Waals surface area contributed by atoms with E-state index in [0.717, 1.165) is 6.42 Å². The highest BCUT2D eigenvalue weighted by atomic mass is 35.5. The number of halogens is 1. The Labute approximate surface area is 201 Å². The molecule has 0 heterocycles. The molecule has 0 atom stereocenters. The number of para-hydroxylation sites is 1. The fourth-order valence-corrected chi connectivity index (χ4v) is 2.84. The van der Waals surface area contributed by atoms with Gasteiger partial charge in [-0.3, -0.25) is 9.59 Å². The third-order valence-corrected chi connectivity index (χ3v) is 4.69. The summed E-state index contributed by atoms with van der Waals surface area (Å²) in [5.74, 6) is -1.32. The first kappa shape index (κ1) is 24.5. The molecule has 2 amide bonds. The predicted octanol–water partition coefficient (Wildman–Crippen LogP) is 4.44. The standard InChI is InChI=1S/C25H22ClN3O5/c1-2-15-33-19-13-9-18(10-14-19)25(32)34-20-11-7-17(8-12-20)16-27-29-24(31)23(30)28-22-6-4-3-5-21(22)26/h3-14,16H,2,15H2,1H3,(H,28,30)(H,29,31)/b27-16-. The third kappa shape index (κ3) is 7.18. The van der Waals surface area contributed by atoms with Crippen molar-refractivity contribution in [2.24, 2.45) is 5.10 Å². The third-order valence-electron chi connectivity index (χ3n) is 4.36. The van der Waals surface area contributed by atoms with E-state index in [1.165, 1.54) is 6.21 Å².